The number of hydrogen-bond acceptors (Lipinski definition) is 5. The summed E-state index contributed by atoms with van der Waals surface area (Å²) >= 11 is 1.84. The average Bonchev–Trinajstić information content (AvgIpc) is 2.82. The molecule has 1 aromatic rings. The predicted octanol–water partition coefficient (Wildman–Crippen LogP) is 1.81. The van der Waals surface area contributed by atoms with Crippen LogP contribution < -0.4 is 5.32 Å². The van der Waals surface area contributed by atoms with Crippen molar-refractivity contribution in [2.24, 2.45) is 17.5 Å². The molecular weight excluding hydrogens is 246 g/mol. The molecule has 0 fully saturated rings. The third-order valence-electron chi connectivity index (χ3n) is 2.60. The Morgan fingerprint density at radius 1 is 1.50 bits per heavy atom. The zero-order valence-corrected chi connectivity index (χ0v) is 12.3. The topological polar surface area (TPSA) is 55.1 Å². The van der Waals surface area contributed by atoms with Gasteiger partial charge in [-0.2, -0.15) is 5.10 Å². The molecule has 100 valence electrons. The van der Waals surface area contributed by atoms with Crippen molar-refractivity contribution < 1.29 is 0 Å². The fourth-order valence-corrected chi connectivity index (χ4v) is 3.28. The van der Waals surface area contributed by atoms with Crippen molar-refractivity contribution in [3.05, 3.63) is 12.2 Å². The van der Waals surface area contributed by atoms with Crippen LogP contribution in [0.1, 0.15) is 33.0 Å². The van der Waals surface area contributed by atoms with Crippen molar-refractivity contribution in [2.45, 2.75) is 39.0 Å². The van der Waals surface area contributed by atoms with Crippen LogP contribution in [0.2, 0.25) is 0 Å². The van der Waals surface area contributed by atoms with Crippen LogP contribution in [-0.4, -0.2) is 31.7 Å². The number of aromatic nitrogens is 3. The number of thioether (sulfide) groups is 1. The summed E-state index contributed by atoms with van der Waals surface area (Å²) in [6.07, 6.45) is 2.90. The van der Waals surface area contributed by atoms with E-state index in [1.807, 2.05) is 18.8 Å². The summed E-state index contributed by atoms with van der Waals surface area (Å²) in [7, 11) is 1.87. The lowest BCUT2D eigenvalue weighted by Gasteiger charge is -2.21. The largest absolute Gasteiger partial charge is 0.358 e. The van der Waals surface area contributed by atoms with Crippen molar-refractivity contribution in [2.75, 3.05) is 6.54 Å². The summed E-state index contributed by atoms with van der Waals surface area (Å²) < 4.78 is 1.71. The smallest absolute Gasteiger partial charge is 0.169 e. The molecule has 1 unspecified atom stereocenters. The first-order valence-electron chi connectivity index (χ1n) is 6.22. The van der Waals surface area contributed by atoms with E-state index in [1.165, 1.54) is 6.42 Å². The van der Waals surface area contributed by atoms with Crippen LogP contribution in [0.3, 0.4) is 0 Å². The Balaban J connectivity index is 1.76. The maximum Gasteiger partial charge on any atom is 0.169 e. The molecule has 6 heteroatoms. The van der Waals surface area contributed by atoms with E-state index in [2.05, 4.69) is 41.2 Å². The normalized spacial score (nSPS) is 20.0. The summed E-state index contributed by atoms with van der Waals surface area (Å²) in [5.74, 6) is 0.806. The van der Waals surface area contributed by atoms with E-state index in [4.69, 9.17) is 0 Å². The van der Waals surface area contributed by atoms with Gasteiger partial charge in [-0.15, -0.1) is 0 Å². The van der Waals surface area contributed by atoms with Crippen LogP contribution in [0.5, 0.6) is 0 Å². The molecule has 2 heterocycles. The highest BCUT2D eigenvalue weighted by atomic mass is 32.2. The standard InChI is InChI=1S/C12H21N5S/c1-12(2,3)5-9-6-13-11(18-9)14-7-10-15-8-17(4)16-10/h8-9H,5-7H2,1-4H3,(H,13,14). The molecule has 0 aromatic carbocycles. The number of hydrogen-bond donors (Lipinski definition) is 1. The van der Waals surface area contributed by atoms with Gasteiger partial charge in [0.05, 0.1) is 13.1 Å². The van der Waals surface area contributed by atoms with Crippen LogP contribution in [-0.2, 0) is 13.6 Å². The highest BCUT2D eigenvalue weighted by Gasteiger charge is 2.24. The van der Waals surface area contributed by atoms with Crippen molar-refractivity contribution in [1.82, 2.24) is 20.1 Å². The minimum Gasteiger partial charge on any atom is -0.358 e. The molecule has 0 radical (unpaired) electrons. The van der Waals surface area contributed by atoms with E-state index in [0.717, 1.165) is 17.5 Å². The Morgan fingerprint density at radius 3 is 2.89 bits per heavy atom. The summed E-state index contributed by atoms with van der Waals surface area (Å²) in [6.45, 7) is 8.39. The highest BCUT2D eigenvalue weighted by molar-refractivity contribution is 8.14. The van der Waals surface area contributed by atoms with Gasteiger partial charge in [-0.3, -0.25) is 9.67 Å². The molecule has 0 saturated heterocycles. The number of aliphatic imine (C=N–C) groups is 1. The quantitative estimate of drug-likeness (QED) is 0.907. The van der Waals surface area contributed by atoms with Crippen molar-refractivity contribution in [3.63, 3.8) is 0 Å². The maximum absolute atomic E-state index is 4.53. The lowest BCUT2D eigenvalue weighted by molar-refractivity contribution is 0.375. The first kappa shape index (κ1) is 13.4. The van der Waals surface area contributed by atoms with E-state index in [0.29, 0.717) is 17.2 Å². The summed E-state index contributed by atoms with van der Waals surface area (Å²) in [5, 5.41) is 9.16. The van der Waals surface area contributed by atoms with Gasteiger partial charge in [-0.1, -0.05) is 32.5 Å². The molecule has 1 aliphatic rings. The molecule has 0 bridgehead atoms. The second-order valence-electron chi connectivity index (χ2n) is 5.84. The Bertz CT molecular complexity index is 432. The van der Waals surface area contributed by atoms with Gasteiger partial charge < -0.3 is 5.32 Å². The average molecular weight is 267 g/mol. The number of nitrogens with zero attached hydrogens (tertiary/aromatic N) is 4. The molecule has 1 atom stereocenters. The van der Waals surface area contributed by atoms with E-state index in [-0.39, 0.29) is 0 Å². The SMILES string of the molecule is Cn1cnc(CNC2=NCC(CC(C)(C)C)S2)n1. The second-order valence-corrected chi connectivity index (χ2v) is 7.13. The van der Waals surface area contributed by atoms with Gasteiger partial charge in [0.15, 0.2) is 11.0 Å². The van der Waals surface area contributed by atoms with Crippen LogP contribution in [0.25, 0.3) is 0 Å². The van der Waals surface area contributed by atoms with Crippen molar-refractivity contribution >= 4 is 16.9 Å². The van der Waals surface area contributed by atoms with Gasteiger partial charge in [0.2, 0.25) is 0 Å². The first-order valence-corrected chi connectivity index (χ1v) is 7.10. The molecule has 0 spiro atoms. The number of aryl methyl sites for hydroxylation is 1. The van der Waals surface area contributed by atoms with Gasteiger partial charge in [0.1, 0.15) is 6.33 Å². The minimum absolute atomic E-state index is 0.366. The Hall–Kier alpha value is -1.04. The lowest BCUT2D eigenvalue weighted by Crippen LogP contribution is -2.21. The lowest BCUT2D eigenvalue weighted by atomic mass is 9.90. The zero-order valence-electron chi connectivity index (χ0n) is 11.5. The number of amidine groups is 1. The van der Waals surface area contributed by atoms with Gasteiger partial charge in [0.25, 0.3) is 0 Å². The number of rotatable bonds is 3. The molecule has 18 heavy (non-hydrogen) atoms. The first-order chi connectivity index (χ1) is 8.42. The van der Waals surface area contributed by atoms with E-state index >= 15 is 0 Å². The van der Waals surface area contributed by atoms with Crippen LogP contribution in [0.15, 0.2) is 11.3 Å². The fraction of sp³-hybridized carbons (Fsp3) is 0.750. The Kier molecular flexibility index (Phi) is 3.94. The molecule has 1 aliphatic heterocycles. The zero-order chi connectivity index (χ0) is 13.2. The van der Waals surface area contributed by atoms with Gasteiger partial charge in [-0.05, 0) is 11.8 Å². The van der Waals surface area contributed by atoms with E-state index in [9.17, 15) is 0 Å². The third kappa shape index (κ3) is 4.01. The van der Waals surface area contributed by atoms with Gasteiger partial charge in [-0.25, -0.2) is 4.98 Å². The molecule has 1 aromatic heterocycles. The summed E-state index contributed by atoms with van der Waals surface area (Å²) in [6, 6.07) is 0. The van der Waals surface area contributed by atoms with Gasteiger partial charge >= 0.3 is 0 Å². The monoisotopic (exact) mass is 267 g/mol. The number of nitrogens with one attached hydrogen (secondary N) is 1. The minimum atomic E-state index is 0.366. The third-order valence-corrected chi connectivity index (χ3v) is 3.75. The molecule has 2 rings (SSSR count). The van der Waals surface area contributed by atoms with E-state index < -0.39 is 0 Å². The molecular formula is C12H21N5S. The Labute approximate surface area is 112 Å². The van der Waals surface area contributed by atoms with E-state index in [1.54, 1.807) is 11.0 Å². The van der Waals surface area contributed by atoms with Gasteiger partial charge in [0, 0.05) is 12.3 Å². The second kappa shape index (κ2) is 5.30. The fourth-order valence-electron chi connectivity index (χ4n) is 1.92. The van der Waals surface area contributed by atoms with Crippen LogP contribution in [0, 0.1) is 5.41 Å². The maximum atomic E-state index is 4.53. The highest BCUT2D eigenvalue weighted by Crippen LogP contribution is 2.31. The van der Waals surface area contributed by atoms with Crippen LogP contribution in [0.4, 0.5) is 0 Å². The predicted molar refractivity (Wildman–Crippen MR) is 75.6 cm³/mol. The molecule has 0 amide bonds. The van der Waals surface area contributed by atoms with Crippen molar-refractivity contribution in [1.29, 1.82) is 0 Å². The summed E-state index contributed by atoms with van der Waals surface area (Å²) in [5.41, 5.74) is 0.366. The molecule has 0 aliphatic carbocycles. The summed E-state index contributed by atoms with van der Waals surface area (Å²) in [4.78, 5) is 8.71. The molecule has 0 saturated carbocycles. The Morgan fingerprint density at radius 2 is 2.28 bits per heavy atom. The van der Waals surface area contributed by atoms with Crippen LogP contribution >= 0.6 is 11.8 Å². The van der Waals surface area contributed by atoms with Crippen molar-refractivity contribution in [3.8, 4) is 0 Å². The molecule has 5 nitrogen and oxygen atoms in total. The molecule has 1 N–H and O–H groups in total.